The summed E-state index contributed by atoms with van der Waals surface area (Å²) in [5.41, 5.74) is 1.53. The lowest BCUT2D eigenvalue weighted by Crippen LogP contribution is -2.34. The van der Waals surface area contributed by atoms with E-state index in [2.05, 4.69) is 15.1 Å². The standard InChI is InChI=1S/C14H18N4O3S/c1-22(20,21)17-8-7-15-14(19)13-9-16-18(11-13)10-12-5-3-2-4-6-12/h2-6,9,11,17H,7-8,10H2,1H3,(H,15,19). The minimum atomic E-state index is -3.23. The zero-order chi connectivity index (χ0) is 16.0. The van der Waals surface area contributed by atoms with E-state index in [0.717, 1.165) is 11.8 Å². The number of benzene rings is 1. The predicted molar refractivity (Wildman–Crippen MR) is 83.0 cm³/mol. The summed E-state index contributed by atoms with van der Waals surface area (Å²) in [4.78, 5) is 11.9. The monoisotopic (exact) mass is 322 g/mol. The van der Waals surface area contributed by atoms with Gasteiger partial charge in [-0.05, 0) is 5.56 Å². The van der Waals surface area contributed by atoms with Crippen molar-refractivity contribution >= 4 is 15.9 Å². The third kappa shape index (κ3) is 5.30. The fraction of sp³-hybridized carbons (Fsp3) is 0.286. The summed E-state index contributed by atoms with van der Waals surface area (Å²) in [6, 6.07) is 9.80. The molecule has 118 valence electrons. The van der Waals surface area contributed by atoms with Gasteiger partial charge < -0.3 is 5.32 Å². The normalized spacial score (nSPS) is 11.3. The van der Waals surface area contributed by atoms with Crippen LogP contribution in [0.25, 0.3) is 0 Å². The highest BCUT2D eigenvalue weighted by Crippen LogP contribution is 2.03. The zero-order valence-electron chi connectivity index (χ0n) is 12.2. The molecule has 2 aromatic rings. The second-order valence-corrected chi connectivity index (χ2v) is 6.67. The van der Waals surface area contributed by atoms with Crippen LogP contribution in [0.5, 0.6) is 0 Å². The third-order valence-electron chi connectivity index (χ3n) is 2.86. The largest absolute Gasteiger partial charge is 0.351 e. The molecule has 0 aliphatic rings. The molecule has 0 fully saturated rings. The molecule has 2 N–H and O–H groups in total. The Morgan fingerprint density at radius 1 is 1.23 bits per heavy atom. The number of sulfonamides is 1. The summed E-state index contributed by atoms with van der Waals surface area (Å²) in [6.45, 7) is 0.961. The van der Waals surface area contributed by atoms with Crippen LogP contribution in [-0.2, 0) is 16.6 Å². The van der Waals surface area contributed by atoms with E-state index in [0.29, 0.717) is 12.1 Å². The lowest BCUT2D eigenvalue weighted by atomic mass is 10.2. The number of carbonyl (C=O) groups excluding carboxylic acids is 1. The number of nitrogens with zero attached hydrogens (tertiary/aromatic N) is 2. The van der Waals surface area contributed by atoms with E-state index in [9.17, 15) is 13.2 Å². The first-order valence-corrected chi connectivity index (χ1v) is 8.62. The summed E-state index contributed by atoms with van der Waals surface area (Å²) in [5.74, 6) is -0.283. The molecular weight excluding hydrogens is 304 g/mol. The van der Waals surface area contributed by atoms with Crippen molar-refractivity contribution in [3.8, 4) is 0 Å². The highest BCUT2D eigenvalue weighted by molar-refractivity contribution is 7.88. The zero-order valence-corrected chi connectivity index (χ0v) is 13.0. The van der Waals surface area contributed by atoms with E-state index < -0.39 is 10.0 Å². The summed E-state index contributed by atoms with van der Waals surface area (Å²) < 4.78 is 25.8. The molecule has 2 rings (SSSR count). The molecule has 0 atom stereocenters. The Kier molecular flexibility index (Phi) is 5.29. The Labute approximate surface area is 129 Å². The SMILES string of the molecule is CS(=O)(=O)NCCNC(=O)c1cnn(Cc2ccccc2)c1. The van der Waals surface area contributed by atoms with Gasteiger partial charge in [-0.15, -0.1) is 0 Å². The Morgan fingerprint density at radius 3 is 2.64 bits per heavy atom. The van der Waals surface area contributed by atoms with Crippen molar-refractivity contribution in [2.45, 2.75) is 6.54 Å². The highest BCUT2D eigenvalue weighted by Gasteiger charge is 2.08. The second kappa shape index (κ2) is 7.19. The molecule has 0 bridgehead atoms. The van der Waals surface area contributed by atoms with Crippen molar-refractivity contribution in [2.75, 3.05) is 19.3 Å². The molecule has 0 unspecified atom stereocenters. The summed E-state index contributed by atoms with van der Waals surface area (Å²) in [7, 11) is -3.23. The Morgan fingerprint density at radius 2 is 1.95 bits per heavy atom. The van der Waals surface area contributed by atoms with E-state index in [1.807, 2.05) is 30.3 Å². The van der Waals surface area contributed by atoms with Crippen LogP contribution < -0.4 is 10.0 Å². The Balaban J connectivity index is 1.84. The van der Waals surface area contributed by atoms with Gasteiger partial charge in [-0.1, -0.05) is 30.3 Å². The third-order valence-corrected chi connectivity index (χ3v) is 3.59. The first-order chi connectivity index (χ1) is 10.4. The number of aromatic nitrogens is 2. The molecule has 0 spiro atoms. The number of amides is 1. The van der Waals surface area contributed by atoms with Gasteiger partial charge in [-0.3, -0.25) is 9.48 Å². The van der Waals surface area contributed by atoms with Crippen LogP contribution in [0.3, 0.4) is 0 Å². The van der Waals surface area contributed by atoms with E-state index >= 15 is 0 Å². The minimum absolute atomic E-state index is 0.155. The number of hydrogen-bond acceptors (Lipinski definition) is 4. The van der Waals surface area contributed by atoms with Crippen molar-refractivity contribution in [3.63, 3.8) is 0 Å². The Hall–Kier alpha value is -2.19. The lowest BCUT2D eigenvalue weighted by Gasteiger charge is -2.04. The molecule has 1 amide bonds. The number of rotatable bonds is 7. The van der Waals surface area contributed by atoms with E-state index in [1.165, 1.54) is 6.20 Å². The molecule has 22 heavy (non-hydrogen) atoms. The van der Waals surface area contributed by atoms with E-state index in [1.54, 1.807) is 10.9 Å². The van der Waals surface area contributed by atoms with Gasteiger partial charge in [0, 0.05) is 19.3 Å². The fourth-order valence-electron chi connectivity index (χ4n) is 1.85. The fourth-order valence-corrected chi connectivity index (χ4v) is 2.33. The first kappa shape index (κ1) is 16.2. The molecule has 8 heteroatoms. The van der Waals surface area contributed by atoms with E-state index in [4.69, 9.17) is 0 Å². The molecular formula is C14H18N4O3S. The summed E-state index contributed by atoms with van der Waals surface area (Å²) in [6.07, 6.45) is 4.22. The molecule has 0 aliphatic carbocycles. The van der Waals surface area contributed by atoms with Gasteiger partial charge in [-0.2, -0.15) is 5.10 Å². The van der Waals surface area contributed by atoms with Gasteiger partial charge in [-0.25, -0.2) is 13.1 Å². The molecule has 0 aliphatic heterocycles. The smallest absolute Gasteiger partial charge is 0.254 e. The molecule has 7 nitrogen and oxygen atoms in total. The Bertz CT molecular complexity index is 726. The van der Waals surface area contributed by atoms with Crippen LogP contribution in [0.1, 0.15) is 15.9 Å². The molecule has 0 saturated carbocycles. The van der Waals surface area contributed by atoms with Crippen LogP contribution in [-0.4, -0.2) is 43.5 Å². The van der Waals surface area contributed by atoms with Gasteiger partial charge in [0.15, 0.2) is 0 Å². The number of nitrogens with one attached hydrogen (secondary N) is 2. The van der Waals surface area contributed by atoms with Crippen molar-refractivity contribution in [2.24, 2.45) is 0 Å². The van der Waals surface area contributed by atoms with Crippen molar-refractivity contribution in [1.82, 2.24) is 19.8 Å². The van der Waals surface area contributed by atoms with Gasteiger partial charge in [0.2, 0.25) is 10.0 Å². The van der Waals surface area contributed by atoms with Gasteiger partial charge in [0.1, 0.15) is 0 Å². The van der Waals surface area contributed by atoms with Crippen LogP contribution in [0, 0.1) is 0 Å². The van der Waals surface area contributed by atoms with Crippen LogP contribution in [0.2, 0.25) is 0 Å². The maximum Gasteiger partial charge on any atom is 0.254 e. The maximum absolute atomic E-state index is 11.9. The minimum Gasteiger partial charge on any atom is -0.351 e. The first-order valence-electron chi connectivity index (χ1n) is 6.73. The average Bonchev–Trinajstić information content (AvgIpc) is 2.92. The summed E-state index contributed by atoms with van der Waals surface area (Å²) >= 11 is 0. The molecule has 0 radical (unpaired) electrons. The predicted octanol–water partition coefficient (Wildman–Crippen LogP) is 0.210. The molecule has 1 aromatic heterocycles. The van der Waals surface area contributed by atoms with Crippen LogP contribution in [0.15, 0.2) is 42.7 Å². The molecule has 0 saturated heterocycles. The summed E-state index contributed by atoms with van der Waals surface area (Å²) in [5, 5.41) is 6.77. The van der Waals surface area contributed by atoms with Gasteiger partial charge in [0.05, 0.1) is 24.6 Å². The lowest BCUT2D eigenvalue weighted by molar-refractivity contribution is 0.0954. The van der Waals surface area contributed by atoms with E-state index in [-0.39, 0.29) is 19.0 Å². The van der Waals surface area contributed by atoms with Crippen molar-refractivity contribution in [1.29, 1.82) is 0 Å². The maximum atomic E-state index is 11.9. The topological polar surface area (TPSA) is 93.1 Å². The second-order valence-electron chi connectivity index (χ2n) is 4.83. The van der Waals surface area contributed by atoms with Gasteiger partial charge in [0.25, 0.3) is 5.91 Å². The molecule has 1 aromatic carbocycles. The van der Waals surface area contributed by atoms with Crippen molar-refractivity contribution < 1.29 is 13.2 Å². The quantitative estimate of drug-likeness (QED) is 0.713. The van der Waals surface area contributed by atoms with Crippen molar-refractivity contribution in [3.05, 3.63) is 53.9 Å². The van der Waals surface area contributed by atoms with Gasteiger partial charge >= 0.3 is 0 Å². The van der Waals surface area contributed by atoms with Crippen LogP contribution >= 0.6 is 0 Å². The number of carbonyl (C=O) groups is 1. The molecule has 1 heterocycles. The highest BCUT2D eigenvalue weighted by atomic mass is 32.2. The van der Waals surface area contributed by atoms with Crippen LogP contribution in [0.4, 0.5) is 0 Å². The number of hydrogen-bond donors (Lipinski definition) is 2. The average molecular weight is 322 g/mol.